The van der Waals surface area contributed by atoms with E-state index in [0.29, 0.717) is 19.7 Å². The van der Waals surface area contributed by atoms with Gasteiger partial charge in [0.25, 0.3) is 0 Å². The molecule has 0 saturated heterocycles. The van der Waals surface area contributed by atoms with E-state index in [1.807, 2.05) is 6.07 Å². The quantitative estimate of drug-likeness (QED) is 0.810. The SMILES string of the molecule is CCc1ccc(CN(CCOC)C(=O)Cc2cccc(O)c2)cc1. The number of phenols is 1. The number of phenolic OH excluding ortho intramolecular Hbond substituents is 1. The zero-order chi connectivity index (χ0) is 17.4. The van der Waals surface area contributed by atoms with Gasteiger partial charge in [0.15, 0.2) is 0 Å². The van der Waals surface area contributed by atoms with Crippen molar-refractivity contribution in [2.45, 2.75) is 26.3 Å². The lowest BCUT2D eigenvalue weighted by atomic mass is 10.1. The van der Waals surface area contributed by atoms with Crippen LogP contribution in [-0.4, -0.2) is 36.2 Å². The maximum atomic E-state index is 12.6. The van der Waals surface area contributed by atoms with E-state index in [-0.39, 0.29) is 18.1 Å². The normalized spacial score (nSPS) is 10.6. The van der Waals surface area contributed by atoms with Crippen molar-refractivity contribution in [2.75, 3.05) is 20.3 Å². The van der Waals surface area contributed by atoms with E-state index in [9.17, 15) is 9.90 Å². The largest absolute Gasteiger partial charge is 0.508 e. The van der Waals surface area contributed by atoms with E-state index in [1.54, 1.807) is 30.2 Å². The number of hydrogen-bond acceptors (Lipinski definition) is 3. The number of ether oxygens (including phenoxy) is 1. The number of benzene rings is 2. The Morgan fingerprint density at radius 3 is 2.42 bits per heavy atom. The lowest BCUT2D eigenvalue weighted by Gasteiger charge is -2.23. The van der Waals surface area contributed by atoms with Crippen LogP contribution >= 0.6 is 0 Å². The summed E-state index contributed by atoms with van der Waals surface area (Å²) >= 11 is 0. The maximum Gasteiger partial charge on any atom is 0.227 e. The Morgan fingerprint density at radius 1 is 1.08 bits per heavy atom. The molecule has 0 aliphatic heterocycles. The average molecular weight is 327 g/mol. The van der Waals surface area contributed by atoms with Gasteiger partial charge in [-0.05, 0) is 35.2 Å². The van der Waals surface area contributed by atoms with Crippen LogP contribution in [0.1, 0.15) is 23.6 Å². The van der Waals surface area contributed by atoms with Crippen molar-refractivity contribution in [3.63, 3.8) is 0 Å². The highest BCUT2D eigenvalue weighted by molar-refractivity contribution is 5.78. The van der Waals surface area contributed by atoms with Crippen LogP contribution in [0.2, 0.25) is 0 Å². The molecule has 1 amide bonds. The summed E-state index contributed by atoms with van der Waals surface area (Å²) in [4.78, 5) is 14.4. The molecule has 0 aromatic heterocycles. The monoisotopic (exact) mass is 327 g/mol. The Hall–Kier alpha value is -2.33. The van der Waals surface area contributed by atoms with Crippen LogP contribution in [0.3, 0.4) is 0 Å². The highest BCUT2D eigenvalue weighted by atomic mass is 16.5. The van der Waals surface area contributed by atoms with Gasteiger partial charge in [-0.3, -0.25) is 4.79 Å². The summed E-state index contributed by atoms with van der Waals surface area (Å²) in [5.74, 6) is 0.205. The Labute approximate surface area is 143 Å². The molecule has 0 bridgehead atoms. The van der Waals surface area contributed by atoms with E-state index < -0.39 is 0 Å². The molecule has 4 heteroatoms. The first-order valence-electron chi connectivity index (χ1n) is 8.24. The lowest BCUT2D eigenvalue weighted by Crippen LogP contribution is -2.34. The number of amides is 1. The first-order valence-corrected chi connectivity index (χ1v) is 8.24. The number of aromatic hydroxyl groups is 1. The third kappa shape index (κ3) is 5.39. The van der Waals surface area contributed by atoms with Crippen LogP contribution in [0.25, 0.3) is 0 Å². The van der Waals surface area contributed by atoms with Crippen molar-refractivity contribution < 1.29 is 14.6 Å². The van der Waals surface area contributed by atoms with E-state index in [1.165, 1.54) is 5.56 Å². The van der Waals surface area contributed by atoms with Crippen molar-refractivity contribution in [1.82, 2.24) is 4.90 Å². The Balaban J connectivity index is 2.06. The molecule has 2 aromatic carbocycles. The molecule has 4 nitrogen and oxygen atoms in total. The number of methoxy groups -OCH3 is 1. The second kappa shape index (κ2) is 9.08. The minimum atomic E-state index is 0.0252. The molecular formula is C20H25NO3. The molecule has 0 aliphatic rings. The number of hydrogen-bond donors (Lipinski definition) is 1. The predicted octanol–water partition coefficient (Wildman–Crippen LogP) is 3.17. The van der Waals surface area contributed by atoms with E-state index in [4.69, 9.17) is 4.74 Å². The first kappa shape index (κ1) is 18.0. The lowest BCUT2D eigenvalue weighted by molar-refractivity contribution is -0.131. The van der Waals surface area contributed by atoms with Gasteiger partial charge in [0, 0.05) is 20.2 Å². The molecule has 0 saturated carbocycles. The minimum Gasteiger partial charge on any atom is -0.508 e. The maximum absolute atomic E-state index is 12.6. The number of aryl methyl sites for hydroxylation is 1. The van der Waals surface area contributed by atoms with Gasteiger partial charge in [0.05, 0.1) is 13.0 Å². The molecule has 24 heavy (non-hydrogen) atoms. The molecule has 2 rings (SSSR count). The number of carbonyl (C=O) groups excluding carboxylic acids is 1. The van der Waals surface area contributed by atoms with Crippen molar-refractivity contribution >= 4 is 5.91 Å². The third-order valence-electron chi connectivity index (χ3n) is 3.99. The van der Waals surface area contributed by atoms with Crippen LogP contribution in [-0.2, 0) is 28.9 Å². The summed E-state index contributed by atoms with van der Waals surface area (Å²) in [7, 11) is 1.63. The van der Waals surface area contributed by atoms with Crippen LogP contribution < -0.4 is 0 Å². The van der Waals surface area contributed by atoms with E-state index in [2.05, 4.69) is 31.2 Å². The summed E-state index contributed by atoms with van der Waals surface area (Å²) in [6.07, 6.45) is 1.27. The molecule has 0 fully saturated rings. The number of nitrogens with zero attached hydrogens (tertiary/aromatic N) is 1. The van der Waals surface area contributed by atoms with Gasteiger partial charge < -0.3 is 14.7 Å². The topological polar surface area (TPSA) is 49.8 Å². The summed E-state index contributed by atoms with van der Waals surface area (Å²) < 4.78 is 5.13. The molecule has 1 N–H and O–H groups in total. The van der Waals surface area contributed by atoms with Gasteiger partial charge in [-0.1, -0.05) is 43.3 Å². The van der Waals surface area contributed by atoms with Gasteiger partial charge in [-0.15, -0.1) is 0 Å². The molecule has 0 radical (unpaired) electrons. The molecule has 0 heterocycles. The predicted molar refractivity (Wildman–Crippen MR) is 94.9 cm³/mol. The Morgan fingerprint density at radius 2 is 1.79 bits per heavy atom. The van der Waals surface area contributed by atoms with Crippen molar-refractivity contribution in [3.05, 3.63) is 65.2 Å². The second-order valence-corrected chi connectivity index (χ2v) is 5.82. The number of carbonyl (C=O) groups is 1. The van der Waals surface area contributed by atoms with E-state index >= 15 is 0 Å². The van der Waals surface area contributed by atoms with Gasteiger partial charge >= 0.3 is 0 Å². The molecule has 2 aromatic rings. The second-order valence-electron chi connectivity index (χ2n) is 5.82. The van der Waals surface area contributed by atoms with Crippen molar-refractivity contribution in [3.8, 4) is 5.75 Å². The highest BCUT2D eigenvalue weighted by Gasteiger charge is 2.15. The van der Waals surface area contributed by atoms with E-state index in [0.717, 1.165) is 17.5 Å². The van der Waals surface area contributed by atoms with Gasteiger partial charge in [-0.25, -0.2) is 0 Å². The summed E-state index contributed by atoms with van der Waals surface area (Å²) in [5.41, 5.74) is 3.20. The van der Waals surface area contributed by atoms with Gasteiger partial charge in [0.1, 0.15) is 5.75 Å². The fourth-order valence-corrected chi connectivity index (χ4v) is 2.55. The average Bonchev–Trinajstić information content (AvgIpc) is 2.59. The fourth-order valence-electron chi connectivity index (χ4n) is 2.55. The fraction of sp³-hybridized carbons (Fsp3) is 0.350. The smallest absolute Gasteiger partial charge is 0.227 e. The standard InChI is InChI=1S/C20H25NO3/c1-3-16-7-9-17(10-8-16)15-21(11-12-24-2)20(23)14-18-5-4-6-19(22)13-18/h4-10,13,22H,3,11-12,14-15H2,1-2H3. The summed E-state index contributed by atoms with van der Waals surface area (Å²) in [5, 5.41) is 9.55. The molecule has 0 unspecified atom stereocenters. The van der Waals surface area contributed by atoms with Crippen molar-refractivity contribution in [1.29, 1.82) is 0 Å². The van der Waals surface area contributed by atoms with Crippen LogP contribution in [0, 0.1) is 0 Å². The Kier molecular flexibility index (Phi) is 6.82. The van der Waals surface area contributed by atoms with Crippen molar-refractivity contribution in [2.24, 2.45) is 0 Å². The first-order chi connectivity index (χ1) is 11.6. The summed E-state index contributed by atoms with van der Waals surface area (Å²) in [6.45, 7) is 3.73. The third-order valence-corrected chi connectivity index (χ3v) is 3.99. The molecular weight excluding hydrogens is 302 g/mol. The van der Waals surface area contributed by atoms with Gasteiger partial charge in [-0.2, -0.15) is 0 Å². The number of rotatable bonds is 8. The molecule has 0 spiro atoms. The van der Waals surface area contributed by atoms with Crippen LogP contribution in [0.15, 0.2) is 48.5 Å². The molecule has 0 atom stereocenters. The molecule has 128 valence electrons. The highest BCUT2D eigenvalue weighted by Crippen LogP contribution is 2.14. The Bertz CT molecular complexity index is 652. The van der Waals surface area contributed by atoms with Crippen LogP contribution in [0.5, 0.6) is 5.75 Å². The minimum absolute atomic E-state index is 0.0252. The summed E-state index contributed by atoms with van der Waals surface area (Å²) in [6, 6.07) is 15.2. The van der Waals surface area contributed by atoms with Gasteiger partial charge in [0.2, 0.25) is 5.91 Å². The van der Waals surface area contributed by atoms with Crippen LogP contribution in [0.4, 0.5) is 0 Å². The zero-order valence-electron chi connectivity index (χ0n) is 14.4. The molecule has 0 aliphatic carbocycles. The zero-order valence-corrected chi connectivity index (χ0v) is 14.4.